The number of para-hydroxylation sites is 1. The van der Waals surface area contributed by atoms with Crippen LogP contribution in [0.1, 0.15) is 17.2 Å². The minimum Gasteiger partial charge on any atom is -0.387 e. The van der Waals surface area contributed by atoms with Crippen LogP contribution in [0.25, 0.3) is 0 Å². The Morgan fingerprint density at radius 1 is 1.33 bits per heavy atom. The maximum Gasteiger partial charge on any atom is 0.327 e. The predicted octanol–water partition coefficient (Wildman–Crippen LogP) is 3.19. The summed E-state index contributed by atoms with van der Waals surface area (Å²) in [5, 5.41) is 23.7. The summed E-state index contributed by atoms with van der Waals surface area (Å²) in [6, 6.07) is 11.1. The van der Waals surface area contributed by atoms with Crippen molar-refractivity contribution in [3.8, 4) is 0 Å². The van der Waals surface area contributed by atoms with Gasteiger partial charge in [-0.05, 0) is 24.6 Å². The van der Waals surface area contributed by atoms with Gasteiger partial charge < -0.3 is 10.4 Å². The van der Waals surface area contributed by atoms with Gasteiger partial charge in [-0.2, -0.15) is 4.39 Å². The van der Waals surface area contributed by atoms with Crippen molar-refractivity contribution in [2.24, 2.45) is 0 Å². The molecule has 1 unspecified atom stereocenters. The second kappa shape index (κ2) is 6.32. The van der Waals surface area contributed by atoms with E-state index in [1.165, 1.54) is 12.1 Å². The van der Waals surface area contributed by atoms with Gasteiger partial charge in [0.15, 0.2) is 0 Å². The van der Waals surface area contributed by atoms with Crippen LogP contribution in [-0.4, -0.2) is 16.6 Å². The smallest absolute Gasteiger partial charge is 0.327 e. The molecule has 0 fully saturated rings. The maximum atomic E-state index is 13.5. The molecule has 0 bridgehead atoms. The molecule has 2 aromatic carbocycles. The van der Waals surface area contributed by atoms with Gasteiger partial charge in [-0.25, -0.2) is 0 Å². The zero-order chi connectivity index (χ0) is 15.4. The van der Waals surface area contributed by atoms with Gasteiger partial charge in [0.25, 0.3) is 0 Å². The molecule has 0 aliphatic heterocycles. The van der Waals surface area contributed by atoms with Crippen molar-refractivity contribution in [3.05, 3.63) is 69.5 Å². The van der Waals surface area contributed by atoms with Gasteiger partial charge in [0, 0.05) is 6.54 Å². The third-order valence-electron chi connectivity index (χ3n) is 3.08. The van der Waals surface area contributed by atoms with Crippen molar-refractivity contribution < 1.29 is 14.4 Å². The van der Waals surface area contributed by atoms with E-state index in [4.69, 9.17) is 0 Å². The average Bonchev–Trinajstić information content (AvgIpc) is 2.44. The van der Waals surface area contributed by atoms with E-state index < -0.39 is 22.5 Å². The zero-order valence-corrected chi connectivity index (χ0v) is 11.4. The molecule has 6 heteroatoms. The van der Waals surface area contributed by atoms with Crippen LogP contribution in [0.15, 0.2) is 42.5 Å². The first-order valence-electron chi connectivity index (χ1n) is 6.40. The molecule has 2 rings (SSSR count). The van der Waals surface area contributed by atoms with Gasteiger partial charge in [-0.15, -0.1) is 0 Å². The highest BCUT2D eigenvalue weighted by atomic mass is 19.1. The zero-order valence-electron chi connectivity index (χ0n) is 11.4. The summed E-state index contributed by atoms with van der Waals surface area (Å²) in [7, 11) is 0. The summed E-state index contributed by atoms with van der Waals surface area (Å²) in [5.41, 5.74) is 1.13. The van der Waals surface area contributed by atoms with Gasteiger partial charge in [-0.1, -0.05) is 35.9 Å². The highest BCUT2D eigenvalue weighted by Crippen LogP contribution is 2.27. The molecule has 0 amide bonds. The largest absolute Gasteiger partial charge is 0.387 e. The molecule has 0 spiro atoms. The Morgan fingerprint density at radius 2 is 2.05 bits per heavy atom. The van der Waals surface area contributed by atoms with Crippen molar-refractivity contribution in [2.75, 3.05) is 11.9 Å². The molecule has 2 N–H and O–H groups in total. The summed E-state index contributed by atoms with van der Waals surface area (Å²) >= 11 is 0. The second-order valence-electron chi connectivity index (χ2n) is 4.70. The Morgan fingerprint density at radius 3 is 2.71 bits per heavy atom. The van der Waals surface area contributed by atoms with Gasteiger partial charge in [-0.3, -0.25) is 10.1 Å². The van der Waals surface area contributed by atoms with E-state index in [1.54, 1.807) is 6.07 Å². The fourth-order valence-corrected chi connectivity index (χ4v) is 2.05. The summed E-state index contributed by atoms with van der Waals surface area (Å²) < 4.78 is 13.5. The van der Waals surface area contributed by atoms with Gasteiger partial charge in [0.1, 0.15) is 5.69 Å². The van der Waals surface area contributed by atoms with Crippen molar-refractivity contribution in [1.82, 2.24) is 0 Å². The van der Waals surface area contributed by atoms with Crippen LogP contribution in [0.4, 0.5) is 15.8 Å². The standard InChI is InChI=1S/C15H15FN2O3/c1-10-4-2-5-11(8-10)14(19)9-17-13-7-3-6-12(16)15(13)18(20)21/h2-8,14,17,19H,9H2,1H3. The molecular weight excluding hydrogens is 275 g/mol. The highest BCUT2D eigenvalue weighted by molar-refractivity contribution is 5.62. The normalized spacial score (nSPS) is 12.0. The first kappa shape index (κ1) is 14.9. The Balaban J connectivity index is 2.13. The molecule has 0 heterocycles. The lowest BCUT2D eigenvalue weighted by atomic mass is 10.1. The molecule has 0 aliphatic carbocycles. The summed E-state index contributed by atoms with van der Waals surface area (Å²) in [6.45, 7) is 1.95. The number of benzene rings is 2. The topological polar surface area (TPSA) is 75.4 Å². The van der Waals surface area contributed by atoms with E-state index in [0.717, 1.165) is 11.6 Å². The van der Waals surface area contributed by atoms with Crippen molar-refractivity contribution >= 4 is 11.4 Å². The van der Waals surface area contributed by atoms with Gasteiger partial charge in [0.2, 0.25) is 5.82 Å². The first-order valence-corrected chi connectivity index (χ1v) is 6.40. The lowest BCUT2D eigenvalue weighted by Gasteiger charge is -2.14. The Hall–Kier alpha value is -2.47. The van der Waals surface area contributed by atoms with Crippen molar-refractivity contribution in [2.45, 2.75) is 13.0 Å². The summed E-state index contributed by atoms with van der Waals surface area (Å²) in [4.78, 5) is 10.1. The Kier molecular flexibility index (Phi) is 4.49. The average molecular weight is 290 g/mol. The number of hydrogen-bond donors (Lipinski definition) is 2. The van der Waals surface area contributed by atoms with Crippen LogP contribution in [0.5, 0.6) is 0 Å². The van der Waals surface area contributed by atoms with Gasteiger partial charge in [0.05, 0.1) is 11.0 Å². The number of hydrogen-bond acceptors (Lipinski definition) is 4. The Bertz CT molecular complexity index is 661. The van der Waals surface area contributed by atoms with Crippen LogP contribution < -0.4 is 5.32 Å². The molecule has 0 saturated carbocycles. The maximum absolute atomic E-state index is 13.5. The molecule has 1 atom stereocenters. The minimum absolute atomic E-state index is 0.0479. The number of nitro groups is 1. The lowest BCUT2D eigenvalue weighted by Crippen LogP contribution is -2.13. The molecule has 110 valence electrons. The fraction of sp³-hybridized carbons (Fsp3) is 0.200. The number of aryl methyl sites for hydroxylation is 1. The van der Waals surface area contributed by atoms with Crippen molar-refractivity contribution in [3.63, 3.8) is 0 Å². The van der Waals surface area contributed by atoms with E-state index in [1.807, 2.05) is 25.1 Å². The number of anilines is 1. The minimum atomic E-state index is -0.907. The van der Waals surface area contributed by atoms with E-state index in [-0.39, 0.29) is 12.2 Å². The molecule has 5 nitrogen and oxygen atoms in total. The summed E-state index contributed by atoms with van der Waals surface area (Å²) in [5.74, 6) is -0.907. The van der Waals surface area contributed by atoms with Crippen LogP contribution in [0, 0.1) is 22.9 Å². The molecule has 21 heavy (non-hydrogen) atoms. The quantitative estimate of drug-likeness (QED) is 0.655. The van der Waals surface area contributed by atoms with E-state index in [0.29, 0.717) is 5.56 Å². The monoisotopic (exact) mass is 290 g/mol. The van der Waals surface area contributed by atoms with E-state index in [2.05, 4.69) is 5.32 Å². The molecular formula is C15H15FN2O3. The molecule has 0 saturated heterocycles. The number of nitro benzene ring substituents is 1. The van der Waals surface area contributed by atoms with Gasteiger partial charge >= 0.3 is 5.69 Å². The Labute approximate surface area is 121 Å². The number of nitrogens with zero attached hydrogens (tertiary/aromatic N) is 1. The summed E-state index contributed by atoms with van der Waals surface area (Å²) in [6.07, 6.45) is -0.840. The number of rotatable bonds is 5. The van der Waals surface area contributed by atoms with E-state index in [9.17, 15) is 19.6 Å². The molecule has 0 radical (unpaired) electrons. The first-order chi connectivity index (χ1) is 9.99. The third kappa shape index (κ3) is 3.55. The second-order valence-corrected chi connectivity index (χ2v) is 4.70. The molecule has 0 aliphatic rings. The number of nitrogens with one attached hydrogen (secondary N) is 1. The highest BCUT2D eigenvalue weighted by Gasteiger charge is 2.20. The SMILES string of the molecule is Cc1cccc(C(O)CNc2cccc(F)c2[N+](=O)[O-])c1. The van der Waals surface area contributed by atoms with E-state index >= 15 is 0 Å². The van der Waals surface area contributed by atoms with Crippen LogP contribution in [0.3, 0.4) is 0 Å². The molecule has 0 aromatic heterocycles. The van der Waals surface area contributed by atoms with Crippen LogP contribution >= 0.6 is 0 Å². The van der Waals surface area contributed by atoms with Crippen LogP contribution in [0.2, 0.25) is 0 Å². The number of aliphatic hydroxyl groups is 1. The predicted molar refractivity (Wildman–Crippen MR) is 77.7 cm³/mol. The lowest BCUT2D eigenvalue weighted by molar-refractivity contribution is -0.386. The van der Waals surface area contributed by atoms with Crippen molar-refractivity contribution in [1.29, 1.82) is 0 Å². The number of aliphatic hydroxyl groups excluding tert-OH is 1. The van der Waals surface area contributed by atoms with Crippen LogP contribution in [-0.2, 0) is 0 Å². The molecule has 2 aromatic rings. The number of halogens is 1. The fourth-order valence-electron chi connectivity index (χ4n) is 2.05. The third-order valence-corrected chi connectivity index (χ3v) is 3.08.